The van der Waals surface area contributed by atoms with Crippen LogP contribution in [0.4, 0.5) is 0 Å². The number of rotatable bonds is 12. The van der Waals surface area contributed by atoms with Gasteiger partial charge in [-0.1, -0.05) is 93.2 Å². The molecule has 0 aromatic heterocycles. The van der Waals surface area contributed by atoms with Crippen LogP contribution in [0.3, 0.4) is 0 Å². The van der Waals surface area contributed by atoms with Gasteiger partial charge in [-0.25, -0.2) is 0 Å². The molecular weight excluding hydrogens is 412 g/mol. The SMILES string of the molecule is CCCCOC(=O)C1(C(C)C)C2CC(C(C(C)C)=C2C(C)C)C1(C(=O)OCCCC)C(C)C. The molecule has 190 valence electrons. The van der Waals surface area contributed by atoms with E-state index in [2.05, 4.69) is 69.2 Å². The second kappa shape index (κ2) is 11.0. The van der Waals surface area contributed by atoms with Crippen molar-refractivity contribution in [2.45, 2.75) is 101 Å². The standard InChI is InChI=1S/C29H50O4/c1-11-13-15-32-26(30)28(20(7)8)22-17-23(25(19(5)6)24(22)18(3)4)29(28,21(9)10)27(31)33-16-14-12-2/h18-23H,11-17H2,1-10H3. The minimum atomic E-state index is -0.902. The quantitative estimate of drug-likeness (QED) is 0.175. The van der Waals surface area contributed by atoms with Crippen LogP contribution >= 0.6 is 0 Å². The van der Waals surface area contributed by atoms with E-state index in [0.717, 1.165) is 32.1 Å². The van der Waals surface area contributed by atoms with E-state index in [1.165, 1.54) is 11.1 Å². The van der Waals surface area contributed by atoms with E-state index < -0.39 is 10.8 Å². The van der Waals surface area contributed by atoms with E-state index in [1.54, 1.807) is 0 Å². The van der Waals surface area contributed by atoms with E-state index in [1.807, 2.05) is 0 Å². The van der Waals surface area contributed by atoms with Crippen molar-refractivity contribution in [2.75, 3.05) is 13.2 Å². The number of hydrogen-bond acceptors (Lipinski definition) is 4. The van der Waals surface area contributed by atoms with Crippen molar-refractivity contribution in [3.8, 4) is 0 Å². The maximum Gasteiger partial charge on any atom is 0.314 e. The molecule has 0 saturated heterocycles. The number of carbonyl (C=O) groups is 2. The van der Waals surface area contributed by atoms with E-state index in [4.69, 9.17) is 9.47 Å². The molecule has 0 spiro atoms. The van der Waals surface area contributed by atoms with Crippen LogP contribution in [0.5, 0.6) is 0 Å². The van der Waals surface area contributed by atoms with Gasteiger partial charge in [-0.2, -0.15) is 0 Å². The Kier molecular flexibility index (Phi) is 9.26. The van der Waals surface area contributed by atoms with Crippen molar-refractivity contribution in [1.29, 1.82) is 0 Å². The highest BCUT2D eigenvalue weighted by atomic mass is 16.5. The number of hydrogen-bond donors (Lipinski definition) is 0. The van der Waals surface area contributed by atoms with Crippen molar-refractivity contribution in [3.63, 3.8) is 0 Å². The Labute approximate surface area is 203 Å². The fourth-order valence-electron chi connectivity index (χ4n) is 7.51. The Bertz CT molecular complexity index is 672. The molecular formula is C29H50O4. The highest BCUT2D eigenvalue weighted by molar-refractivity contribution is 5.92. The monoisotopic (exact) mass is 462 g/mol. The Morgan fingerprint density at radius 2 is 1.06 bits per heavy atom. The molecule has 0 amide bonds. The average Bonchev–Trinajstić information content (AvgIpc) is 3.27. The zero-order valence-corrected chi connectivity index (χ0v) is 23.0. The van der Waals surface area contributed by atoms with Crippen LogP contribution in [0.1, 0.15) is 101 Å². The van der Waals surface area contributed by atoms with Crippen LogP contribution in [-0.2, 0) is 19.1 Å². The molecule has 2 aliphatic rings. The summed E-state index contributed by atoms with van der Waals surface area (Å²) in [7, 11) is 0. The van der Waals surface area contributed by atoms with Gasteiger partial charge >= 0.3 is 11.9 Å². The summed E-state index contributed by atoms with van der Waals surface area (Å²) >= 11 is 0. The van der Waals surface area contributed by atoms with Gasteiger partial charge in [0.2, 0.25) is 0 Å². The summed E-state index contributed by atoms with van der Waals surface area (Å²) in [6.45, 7) is 22.4. The van der Waals surface area contributed by atoms with Gasteiger partial charge in [-0.3, -0.25) is 9.59 Å². The molecule has 0 heterocycles. The largest absolute Gasteiger partial charge is 0.465 e. The molecule has 0 aromatic rings. The summed E-state index contributed by atoms with van der Waals surface area (Å²) in [5.41, 5.74) is 0.990. The second-order valence-corrected chi connectivity index (χ2v) is 11.6. The zero-order valence-electron chi connectivity index (χ0n) is 23.0. The topological polar surface area (TPSA) is 52.6 Å². The molecule has 4 unspecified atom stereocenters. The number of carbonyl (C=O) groups excluding carboxylic acids is 2. The Balaban J connectivity index is 2.83. The Morgan fingerprint density at radius 3 is 1.30 bits per heavy atom. The summed E-state index contributed by atoms with van der Waals surface area (Å²) in [6.07, 6.45) is 4.47. The van der Waals surface area contributed by atoms with Crippen LogP contribution in [0.15, 0.2) is 11.1 Å². The predicted molar refractivity (Wildman–Crippen MR) is 135 cm³/mol. The molecule has 2 aliphatic carbocycles. The summed E-state index contributed by atoms with van der Waals surface area (Å²) in [5, 5.41) is 0. The summed E-state index contributed by atoms with van der Waals surface area (Å²) < 4.78 is 12.0. The van der Waals surface area contributed by atoms with E-state index in [9.17, 15) is 9.59 Å². The molecule has 33 heavy (non-hydrogen) atoms. The number of fused-ring (bicyclic) bond motifs is 2. The summed E-state index contributed by atoms with van der Waals surface area (Å²) in [6, 6.07) is 0. The first-order chi connectivity index (χ1) is 15.5. The van der Waals surface area contributed by atoms with Crippen molar-refractivity contribution in [2.24, 2.45) is 46.3 Å². The lowest BCUT2D eigenvalue weighted by Crippen LogP contribution is -2.63. The molecule has 1 fully saturated rings. The first-order valence-corrected chi connectivity index (χ1v) is 13.6. The van der Waals surface area contributed by atoms with E-state index in [0.29, 0.717) is 25.0 Å². The summed E-state index contributed by atoms with van der Waals surface area (Å²) in [5.74, 6) is 0.280. The predicted octanol–water partition coefficient (Wildman–Crippen LogP) is 7.22. The van der Waals surface area contributed by atoms with Gasteiger partial charge < -0.3 is 9.47 Å². The number of unbranched alkanes of at least 4 members (excludes halogenated alkanes) is 2. The van der Waals surface area contributed by atoms with Gasteiger partial charge in [0.1, 0.15) is 0 Å². The maximum atomic E-state index is 14.2. The van der Waals surface area contributed by atoms with Gasteiger partial charge in [-0.15, -0.1) is 0 Å². The number of esters is 2. The van der Waals surface area contributed by atoms with Gasteiger partial charge in [0.25, 0.3) is 0 Å². The molecule has 0 N–H and O–H groups in total. The van der Waals surface area contributed by atoms with Crippen LogP contribution in [-0.4, -0.2) is 25.2 Å². The maximum absolute atomic E-state index is 14.2. The van der Waals surface area contributed by atoms with Crippen molar-refractivity contribution in [1.82, 2.24) is 0 Å². The van der Waals surface area contributed by atoms with Crippen LogP contribution < -0.4 is 0 Å². The zero-order chi connectivity index (χ0) is 25.1. The van der Waals surface area contributed by atoms with Crippen molar-refractivity contribution < 1.29 is 19.1 Å². The summed E-state index contributed by atoms with van der Waals surface area (Å²) in [4.78, 5) is 28.4. The Hall–Kier alpha value is -1.32. The highest BCUT2D eigenvalue weighted by Gasteiger charge is 2.79. The van der Waals surface area contributed by atoms with Crippen LogP contribution in [0, 0.1) is 46.3 Å². The molecule has 4 atom stereocenters. The van der Waals surface area contributed by atoms with E-state index in [-0.39, 0.29) is 35.6 Å². The third kappa shape index (κ3) is 4.18. The van der Waals surface area contributed by atoms with Crippen LogP contribution in [0.2, 0.25) is 0 Å². The van der Waals surface area contributed by atoms with Crippen molar-refractivity contribution in [3.05, 3.63) is 11.1 Å². The smallest absolute Gasteiger partial charge is 0.314 e. The third-order valence-electron chi connectivity index (χ3n) is 8.54. The fraction of sp³-hybridized carbons (Fsp3) is 0.862. The Morgan fingerprint density at radius 1 is 0.727 bits per heavy atom. The van der Waals surface area contributed by atoms with Gasteiger partial charge in [-0.05, 0) is 54.8 Å². The first kappa shape index (κ1) is 27.9. The minimum absolute atomic E-state index is 0.0233. The molecule has 4 nitrogen and oxygen atoms in total. The molecule has 2 rings (SSSR count). The lowest BCUT2D eigenvalue weighted by atomic mass is 9.46. The fourth-order valence-corrected chi connectivity index (χ4v) is 7.51. The third-order valence-corrected chi connectivity index (χ3v) is 8.54. The lowest BCUT2D eigenvalue weighted by Gasteiger charge is -2.55. The molecule has 2 bridgehead atoms. The normalized spacial score (nSPS) is 29.2. The molecule has 1 saturated carbocycles. The molecule has 4 heteroatoms. The van der Waals surface area contributed by atoms with Gasteiger partial charge in [0.05, 0.1) is 24.0 Å². The first-order valence-electron chi connectivity index (χ1n) is 13.6. The molecule has 0 aromatic carbocycles. The molecule has 0 radical (unpaired) electrons. The van der Waals surface area contributed by atoms with Crippen molar-refractivity contribution >= 4 is 11.9 Å². The van der Waals surface area contributed by atoms with Crippen LogP contribution in [0.25, 0.3) is 0 Å². The van der Waals surface area contributed by atoms with Gasteiger partial charge in [0.15, 0.2) is 0 Å². The average molecular weight is 463 g/mol. The number of allylic oxidation sites excluding steroid dienone is 2. The second-order valence-electron chi connectivity index (χ2n) is 11.6. The highest BCUT2D eigenvalue weighted by Crippen LogP contribution is 2.75. The van der Waals surface area contributed by atoms with Gasteiger partial charge in [0, 0.05) is 0 Å². The molecule has 0 aliphatic heterocycles. The lowest BCUT2D eigenvalue weighted by molar-refractivity contribution is -0.197. The minimum Gasteiger partial charge on any atom is -0.465 e. The number of ether oxygens (including phenoxy) is 2. The van der Waals surface area contributed by atoms with E-state index >= 15 is 0 Å².